The quantitative estimate of drug-likeness (QED) is 0.561. The molecule has 172 valence electrons. The number of hydrogen-bond donors (Lipinski definition) is 1. The first-order valence-corrected chi connectivity index (χ1v) is 11.2. The molecule has 0 spiro atoms. The van der Waals surface area contributed by atoms with Crippen molar-refractivity contribution >= 4 is 23.5 Å². The lowest BCUT2D eigenvalue weighted by Crippen LogP contribution is -2.49. The zero-order valence-corrected chi connectivity index (χ0v) is 19.0. The molecule has 3 aromatic rings. The van der Waals surface area contributed by atoms with Crippen molar-refractivity contribution in [3.8, 4) is 5.69 Å². The first kappa shape index (κ1) is 22.5. The summed E-state index contributed by atoms with van der Waals surface area (Å²) >= 11 is 0. The Hall–Kier alpha value is -3.65. The topological polar surface area (TPSA) is 79.7 Å². The van der Waals surface area contributed by atoms with Crippen LogP contribution in [-0.4, -0.2) is 65.7 Å². The molecule has 1 saturated heterocycles. The molecule has 1 fully saturated rings. The molecule has 0 unspecified atom stereocenters. The number of piperazine rings is 1. The SMILES string of the molecule is CCOC(=O)c1ccccc1NC(=O)CN1CCN(c2nccn2-c2ccc(C)cc2)CC1. The van der Waals surface area contributed by atoms with Crippen LogP contribution in [0.4, 0.5) is 11.6 Å². The van der Waals surface area contributed by atoms with Gasteiger partial charge in [0.1, 0.15) is 0 Å². The normalized spacial score (nSPS) is 14.2. The largest absolute Gasteiger partial charge is 0.462 e. The van der Waals surface area contributed by atoms with Gasteiger partial charge in [0.25, 0.3) is 0 Å². The average molecular weight is 448 g/mol. The predicted molar refractivity (Wildman–Crippen MR) is 128 cm³/mol. The van der Waals surface area contributed by atoms with Crippen LogP contribution in [0.15, 0.2) is 60.9 Å². The Kier molecular flexibility index (Phi) is 7.04. The van der Waals surface area contributed by atoms with Crippen LogP contribution in [0.1, 0.15) is 22.8 Å². The average Bonchev–Trinajstić information content (AvgIpc) is 3.30. The van der Waals surface area contributed by atoms with Crippen molar-refractivity contribution in [3.05, 3.63) is 72.1 Å². The summed E-state index contributed by atoms with van der Waals surface area (Å²) in [6, 6.07) is 15.3. The maximum absolute atomic E-state index is 12.7. The van der Waals surface area contributed by atoms with Gasteiger partial charge >= 0.3 is 5.97 Å². The van der Waals surface area contributed by atoms with Crippen LogP contribution in [0.3, 0.4) is 0 Å². The van der Waals surface area contributed by atoms with Gasteiger partial charge in [0.2, 0.25) is 11.9 Å². The molecule has 0 atom stereocenters. The molecule has 8 nitrogen and oxygen atoms in total. The minimum atomic E-state index is -0.439. The highest BCUT2D eigenvalue weighted by atomic mass is 16.5. The Morgan fingerprint density at radius 2 is 1.76 bits per heavy atom. The van der Waals surface area contributed by atoms with Gasteiger partial charge in [0, 0.05) is 44.3 Å². The van der Waals surface area contributed by atoms with Crippen LogP contribution < -0.4 is 10.2 Å². The maximum Gasteiger partial charge on any atom is 0.340 e. The zero-order valence-electron chi connectivity index (χ0n) is 19.0. The molecule has 2 aromatic carbocycles. The van der Waals surface area contributed by atoms with Crippen molar-refractivity contribution in [2.45, 2.75) is 13.8 Å². The Morgan fingerprint density at radius 3 is 2.48 bits per heavy atom. The second-order valence-corrected chi connectivity index (χ2v) is 8.01. The Morgan fingerprint density at radius 1 is 1.03 bits per heavy atom. The van der Waals surface area contributed by atoms with Crippen molar-refractivity contribution < 1.29 is 14.3 Å². The molecule has 1 aromatic heterocycles. The van der Waals surface area contributed by atoms with E-state index in [2.05, 4.69) is 55.9 Å². The fourth-order valence-corrected chi connectivity index (χ4v) is 3.91. The molecule has 0 bridgehead atoms. The van der Waals surface area contributed by atoms with Gasteiger partial charge in [0.15, 0.2) is 0 Å². The van der Waals surface area contributed by atoms with Gasteiger partial charge in [-0.2, -0.15) is 0 Å². The first-order valence-electron chi connectivity index (χ1n) is 11.2. The third kappa shape index (κ3) is 5.40. The summed E-state index contributed by atoms with van der Waals surface area (Å²) in [5.74, 6) is 0.318. The number of imidazole rings is 1. The number of esters is 1. The summed E-state index contributed by atoms with van der Waals surface area (Å²) < 4.78 is 7.17. The van der Waals surface area contributed by atoms with Gasteiger partial charge in [-0.25, -0.2) is 9.78 Å². The molecule has 1 N–H and O–H groups in total. The Labute approximate surface area is 193 Å². The fraction of sp³-hybridized carbons (Fsp3) is 0.320. The van der Waals surface area contributed by atoms with Crippen LogP contribution in [0.5, 0.6) is 0 Å². The third-order valence-corrected chi connectivity index (χ3v) is 5.65. The molecule has 2 heterocycles. The molecule has 4 rings (SSSR count). The lowest BCUT2D eigenvalue weighted by molar-refractivity contribution is -0.117. The number of ether oxygens (including phenoxy) is 1. The molecular formula is C25H29N5O3. The summed E-state index contributed by atoms with van der Waals surface area (Å²) in [4.78, 5) is 33.7. The van der Waals surface area contributed by atoms with E-state index < -0.39 is 5.97 Å². The van der Waals surface area contributed by atoms with Gasteiger partial charge in [0.05, 0.1) is 24.4 Å². The molecular weight excluding hydrogens is 418 g/mol. The number of carbonyl (C=O) groups is 2. The van der Waals surface area contributed by atoms with Gasteiger partial charge in [-0.15, -0.1) is 0 Å². The number of aromatic nitrogens is 2. The van der Waals surface area contributed by atoms with Crippen LogP contribution in [0.2, 0.25) is 0 Å². The number of nitrogens with zero attached hydrogens (tertiary/aromatic N) is 4. The minimum Gasteiger partial charge on any atom is -0.462 e. The number of aryl methyl sites for hydroxylation is 1. The maximum atomic E-state index is 12.7. The van der Waals surface area contributed by atoms with E-state index in [1.807, 2.05) is 12.4 Å². The highest BCUT2D eigenvalue weighted by Crippen LogP contribution is 2.20. The second-order valence-electron chi connectivity index (χ2n) is 8.01. The van der Waals surface area contributed by atoms with E-state index in [0.717, 1.165) is 37.8 Å². The molecule has 1 aliphatic heterocycles. The predicted octanol–water partition coefficient (Wildman–Crippen LogP) is 3.12. The fourth-order valence-electron chi connectivity index (χ4n) is 3.91. The van der Waals surface area contributed by atoms with Crippen LogP contribution in [0, 0.1) is 6.92 Å². The van der Waals surface area contributed by atoms with Gasteiger partial charge in [-0.05, 0) is 38.1 Å². The number of anilines is 2. The molecule has 33 heavy (non-hydrogen) atoms. The smallest absolute Gasteiger partial charge is 0.340 e. The highest BCUT2D eigenvalue weighted by molar-refractivity contribution is 6.01. The molecule has 1 aliphatic rings. The van der Waals surface area contributed by atoms with E-state index in [-0.39, 0.29) is 19.1 Å². The summed E-state index contributed by atoms with van der Waals surface area (Å²) in [6.45, 7) is 7.41. The van der Waals surface area contributed by atoms with Crippen molar-refractivity contribution in [2.75, 3.05) is 49.5 Å². The van der Waals surface area contributed by atoms with Crippen LogP contribution in [-0.2, 0) is 9.53 Å². The van der Waals surface area contributed by atoms with Gasteiger partial charge in [-0.1, -0.05) is 29.8 Å². The number of hydrogen-bond acceptors (Lipinski definition) is 6. The lowest BCUT2D eigenvalue weighted by atomic mass is 10.2. The summed E-state index contributed by atoms with van der Waals surface area (Å²) in [5, 5.41) is 2.86. The van der Waals surface area contributed by atoms with E-state index in [9.17, 15) is 9.59 Å². The Balaban J connectivity index is 1.34. The van der Waals surface area contributed by atoms with Crippen molar-refractivity contribution in [1.29, 1.82) is 0 Å². The lowest BCUT2D eigenvalue weighted by Gasteiger charge is -2.35. The standard InChI is InChI=1S/C25H29N5O3/c1-3-33-24(32)21-6-4-5-7-22(21)27-23(31)18-28-14-16-29(17-15-28)25-26-12-13-30(25)20-10-8-19(2)9-11-20/h4-13H,3,14-18H2,1-2H3,(H,27,31). The van der Waals surface area contributed by atoms with E-state index in [1.165, 1.54) is 5.56 Å². The molecule has 0 radical (unpaired) electrons. The van der Waals surface area contributed by atoms with Gasteiger partial charge < -0.3 is 15.0 Å². The summed E-state index contributed by atoms with van der Waals surface area (Å²) in [5.41, 5.74) is 3.13. The number of rotatable bonds is 7. The second kappa shape index (κ2) is 10.3. The highest BCUT2D eigenvalue weighted by Gasteiger charge is 2.23. The summed E-state index contributed by atoms with van der Waals surface area (Å²) in [7, 11) is 0. The number of nitrogens with one attached hydrogen (secondary N) is 1. The third-order valence-electron chi connectivity index (χ3n) is 5.65. The zero-order chi connectivity index (χ0) is 23.2. The number of benzene rings is 2. The van der Waals surface area contributed by atoms with Crippen molar-refractivity contribution in [2.24, 2.45) is 0 Å². The Bertz CT molecular complexity index is 1100. The molecule has 1 amide bonds. The molecule has 8 heteroatoms. The molecule has 0 aliphatic carbocycles. The van der Waals surface area contributed by atoms with E-state index >= 15 is 0 Å². The molecule has 0 saturated carbocycles. The van der Waals surface area contributed by atoms with E-state index in [0.29, 0.717) is 11.3 Å². The number of carbonyl (C=O) groups excluding carboxylic acids is 2. The van der Waals surface area contributed by atoms with Crippen molar-refractivity contribution in [1.82, 2.24) is 14.5 Å². The van der Waals surface area contributed by atoms with Crippen LogP contribution in [0.25, 0.3) is 5.69 Å². The number of amides is 1. The number of para-hydroxylation sites is 1. The summed E-state index contributed by atoms with van der Waals surface area (Å²) in [6.07, 6.45) is 3.79. The van der Waals surface area contributed by atoms with Gasteiger partial charge in [-0.3, -0.25) is 14.3 Å². The minimum absolute atomic E-state index is 0.152. The van der Waals surface area contributed by atoms with E-state index in [4.69, 9.17) is 4.74 Å². The van der Waals surface area contributed by atoms with Crippen LogP contribution >= 0.6 is 0 Å². The van der Waals surface area contributed by atoms with E-state index in [1.54, 1.807) is 31.2 Å². The first-order chi connectivity index (χ1) is 16.0. The monoisotopic (exact) mass is 447 g/mol. The van der Waals surface area contributed by atoms with Crippen molar-refractivity contribution in [3.63, 3.8) is 0 Å².